The van der Waals surface area contributed by atoms with E-state index in [1.54, 1.807) is 32.5 Å². The average Bonchev–Trinajstić information content (AvgIpc) is 3.34. The Morgan fingerprint density at radius 1 is 1.29 bits per heavy atom. The molecule has 1 N–H and O–H groups in total. The zero-order valence-corrected chi connectivity index (χ0v) is 14.5. The first-order valence-corrected chi connectivity index (χ1v) is 8.12. The van der Waals surface area contributed by atoms with Crippen LogP contribution in [-0.4, -0.2) is 29.9 Å². The van der Waals surface area contributed by atoms with Gasteiger partial charge in [-0.15, -0.1) is 0 Å². The summed E-state index contributed by atoms with van der Waals surface area (Å²) >= 11 is 0. The number of benzene rings is 1. The number of ether oxygens (including phenoxy) is 2. The number of anilines is 1. The second-order valence-corrected chi connectivity index (χ2v) is 6.20. The first-order chi connectivity index (χ1) is 11.5. The van der Waals surface area contributed by atoms with E-state index in [2.05, 4.69) is 17.3 Å². The van der Waals surface area contributed by atoms with Crippen LogP contribution in [0.1, 0.15) is 41.7 Å². The Morgan fingerprint density at radius 2 is 1.92 bits per heavy atom. The van der Waals surface area contributed by atoms with Crippen molar-refractivity contribution in [2.24, 2.45) is 5.92 Å². The quantitative estimate of drug-likeness (QED) is 0.882. The Balaban J connectivity index is 1.84. The van der Waals surface area contributed by atoms with E-state index >= 15 is 0 Å². The molecule has 2 aromatic rings. The predicted molar refractivity (Wildman–Crippen MR) is 91.9 cm³/mol. The van der Waals surface area contributed by atoms with Crippen LogP contribution in [0.15, 0.2) is 24.4 Å². The number of hydrogen-bond donors (Lipinski definition) is 1. The highest BCUT2D eigenvalue weighted by molar-refractivity contribution is 6.04. The number of carbonyl (C=O) groups is 1. The molecule has 128 valence electrons. The average molecular weight is 329 g/mol. The molecule has 1 heterocycles. The fourth-order valence-electron chi connectivity index (χ4n) is 2.92. The highest BCUT2D eigenvalue weighted by Gasteiger charge is 2.30. The predicted octanol–water partition coefficient (Wildman–Crippen LogP) is 3.43. The van der Waals surface area contributed by atoms with Crippen LogP contribution in [0.3, 0.4) is 0 Å². The van der Waals surface area contributed by atoms with Crippen LogP contribution in [0.4, 0.5) is 5.82 Å². The molecule has 1 aliphatic rings. The summed E-state index contributed by atoms with van der Waals surface area (Å²) in [6.45, 7) is 4.03. The van der Waals surface area contributed by atoms with Gasteiger partial charge >= 0.3 is 0 Å². The molecule has 0 radical (unpaired) electrons. The highest BCUT2D eigenvalue weighted by atomic mass is 16.5. The molecule has 1 fully saturated rings. The largest absolute Gasteiger partial charge is 0.496 e. The molecule has 1 unspecified atom stereocenters. The Morgan fingerprint density at radius 3 is 2.46 bits per heavy atom. The van der Waals surface area contributed by atoms with Gasteiger partial charge in [0.05, 0.1) is 26.5 Å². The molecule has 6 nitrogen and oxygen atoms in total. The third-order valence-corrected chi connectivity index (χ3v) is 4.62. The topological polar surface area (TPSA) is 65.4 Å². The van der Waals surface area contributed by atoms with Crippen LogP contribution in [0.5, 0.6) is 11.5 Å². The van der Waals surface area contributed by atoms with Crippen molar-refractivity contribution < 1.29 is 14.3 Å². The maximum absolute atomic E-state index is 12.7. The molecule has 1 aromatic carbocycles. The first-order valence-electron chi connectivity index (χ1n) is 8.12. The van der Waals surface area contributed by atoms with Gasteiger partial charge < -0.3 is 14.8 Å². The van der Waals surface area contributed by atoms with Gasteiger partial charge in [0.2, 0.25) is 0 Å². The second-order valence-electron chi connectivity index (χ2n) is 6.20. The number of amides is 1. The molecule has 3 rings (SSSR count). The van der Waals surface area contributed by atoms with Crippen molar-refractivity contribution in [3.8, 4) is 11.5 Å². The summed E-state index contributed by atoms with van der Waals surface area (Å²) < 4.78 is 12.6. The van der Waals surface area contributed by atoms with Crippen molar-refractivity contribution in [1.29, 1.82) is 0 Å². The van der Waals surface area contributed by atoms with Crippen LogP contribution in [0.2, 0.25) is 0 Å². The van der Waals surface area contributed by atoms with Crippen molar-refractivity contribution in [2.45, 2.75) is 32.7 Å². The van der Waals surface area contributed by atoms with Gasteiger partial charge in [0.25, 0.3) is 5.91 Å². The minimum absolute atomic E-state index is 0.212. The van der Waals surface area contributed by atoms with Gasteiger partial charge in [-0.2, -0.15) is 5.10 Å². The summed E-state index contributed by atoms with van der Waals surface area (Å²) in [5, 5.41) is 7.30. The standard InChI is InChI=1S/C18H23N3O3/c1-11-15(23-3)9-14(10-16(11)24-4)18(22)20-17-7-8-19-21(17)12(2)13-5-6-13/h7-10,12-13H,5-6H2,1-4H3,(H,20,22). The van der Waals surface area contributed by atoms with Crippen LogP contribution in [-0.2, 0) is 0 Å². The van der Waals surface area contributed by atoms with E-state index in [1.165, 1.54) is 12.8 Å². The van der Waals surface area contributed by atoms with Gasteiger partial charge in [0.1, 0.15) is 17.3 Å². The Hall–Kier alpha value is -2.50. The van der Waals surface area contributed by atoms with Gasteiger partial charge in [0, 0.05) is 17.2 Å². The third kappa shape index (κ3) is 3.09. The fourth-order valence-corrected chi connectivity index (χ4v) is 2.92. The zero-order chi connectivity index (χ0) is 17.3. The van der Waals surface area contributed by atoms with Crippen LogP contribution in [0, 0.1) is 12.8 Å². The van der Waals surface area contributed by atoms with E-state index < -0.39 is 0 Å². The van der Waals surface area contributed by atoms with Crippen molar-refractivity contribution in [2.75, 3.05) is 19.5 Å². The van der Waals surface area contributed by atoms with Crippen molar-refractivity contribution in [3.63, 3.8) is 0 Å². The molecule has 1 amide bonds. The van der Waals surface area contributed by atoms with Gasteiger partial charge in [-0.05, 0) is 44.7 Å². The third-order valence-electron chi connectivity index (χ3n) is 4.62. The molecular weight excluding hydrogens is 306 g/mol. The molecule has 1 aliphatic carbocycles. The van der Waals surface area contributed by atoms with E-state index in [0.29, 0.717) is 28.8 Å². The summed E-state index contributed by atoms with van der Waals surface area (Å²) in [4.78, 5) is 12.7. The molecule has 1 atom stereocenters. The fraction of sp³-hybridized carbons (Fsp3) is 0.444. The van der Waals surface area contributed by atoms with E-state index in [-0.39, 0.29) is 11.9 Å². The molecule has 0 bridgehead atoms. The molecule has 0 saturated heterocycles. The zero-order valence-electron chi connectivity index (χ0n) is 14.5. The van der Waals surface area contributed by atoms with E-state index in [4.69, 9.17) is 9.47 Å². The molecule has 0 spiro atoms. The lowest BCUT2D eigenvalue weighted by molar-refractivity contribution is 0.102. The van der Waals surface area contributed by atoms with Gasteiger partial charge in [-0.1, -0.05) is 0 Å². The molecule has 1 saturated carbocycles. The smallest absolute Gasteiger partial charge is 0.257 e. The highest BCUT2D eigenvalue weighted by Crippen LogP contribution is 2.40. The maximum Gasteiger partial charge on any atom is 0.257 e. The lowest BCUT2D eigenvalue weighted by Crippen LogP contribution is -2.18. The number of rotatable bonds is 6. The second kappa shape index (κ2) is 6.55. The van der Waals surface area contributed by atoms with E-state index in [0.717, 1.165) is 5.56 Å². The van der Waals surface area contributed by atoms with Crippen molar-refractivity contribution in [1.82, 2.24) is 9.78 Å². The van der Waals surface area contributed by atoms with Crippen LogP contribution in [0.25, 0.3) is 0 Å². The maximum atomic E-state index is 12.7. The SMILES string of the molecule is COc1cc(C(=O)Nc2ccnn2C(C)C2CC2)cc(OC)c1C. The van der Waals surface area contributed by atoms with Crippen LogP contribution < -0.4 is 14.8 Å². The Kier molecular flexibility index (Phi) is 4.46. The van der Waals surface area contributed by atoms with Crippen molar-refractivity contribution in [3.05, 3.63) is 35.5 Å². The van der Waals surface area contributed by atoms with E-state index in [1.807, 2.05) is 17.7 Å². The van der Waals surface area contributed by atoms with Crippen molar-refractivity contribution >= 4 is 11.7 Å². The normalized spacial score (nSPS) is 15.0. The summed E-state index contributed by atoms with van der Waals surface area (Å²) in [7, 11) is 3.16. The number of carbonyl (C=O) groups excluding carboxylic acids is 1. The Bertz CT molecular complexity index is 725. The summed E-state index contributed by atoms with van der Waals surface area (Å²) in [6.07, 6.45) is 4.16. The first kappa shape index (κ1) is 16.4. The van der Waals surface area contributed by atoms with Gasteiger partial charge in [-0.25, -0.2) is 4.68 Å². The number of nitrogens with zero attached hydrogens (tertiary/aromatic N) is 2. The summed E-state index contributed by atoms with van der Waals surface area (Å²) in [6, 6.07) is 5.55. The number of hydrogen-bond acceptors (Lipinski definition) is 4. The number of aromatic nitrogens is 2. The summed E-state index contributed by atoms with van der Waals surface area (Å²) in [5.74, 6) is 2.40. The molecular formula is C18H23N3O3. The minimum Gasteiger partial charge on any atom is -0.496 e. The summed E-state index contributed by atoms with van der Waals surface area (Å²) in [5.41, 5.74) is 1.35. The lowest BCUT2D eigenvalue weighted by atomic mass is 10.1. The molecule has 0 aliphatic heterocycles. The lowest BCUT2D eigenvalue weighted by Gasteiger charge is -2.16. The molecule has 6 heteroatoms. The monoisotopic (exact) mass is 329 g/mol. The number of methoxy groups -OCH3 is 2. The molecule has 24 heavy (non-hydrogen) atoms. The van der Waals surface area contributed by atoms with Gasteiger partial charge in [-0.3, -0.25) is 4.79 Å². The van der Waals surface area contributed by atoms with E-state index in [9.17, 15) is 4.79 Å². The molecule has 1 aromatic heterocycles. The number of nitrogens with one attached hydrogen (secondary N) is 1. The van der Waals surface area contributed by atoms with Gasteiger partial charge in [0.15, 0.2) is 0 Å². The van der Waals surface area contributed by atoms with Crippen LogP contribution >= 0.6 is 0 Å². The minimum atomic E-state index is -0.212. The Labute approximate surface area is 141 Å².